The van der Waals surface area contributed by atoms with Crippen LogP contribution in [0.5, 0.6) is 11.5 Å². The summed E-state index contributed by atoms with van der Waals surface area (Å²) in [4.78, 5) is 23.1. The zero-order valence-electron chi connectivity index (χ0n) is 18.9. The van der Waals surface area contributed by atoms with Crippen molar-refractivity contribution in [2.24, 2.45) is 0 Å². The molecule has 0 aromatic heterocycles. The van der Waals surface area contributed by atoms with Gasteiger partial charge < -0.3 is 14.0 Å². The van der Waals surface area contributed by atoms with Crippen LogP contribution >= 0.6 is 12.0 Å². The first-order valence-electron chi connectivity index (χ1n) is 11.5. The number of aromatic carboxylic acids is 1. The summed E-state index contributed by atoms with van der Waals surface area (Å²) in [6.07, 6.45) is 12.9. The fourth-order valence-corrected chi connectivity index (χ4v) is 3.77. The molecule has 0 aliphatic carbocycles. The summed E-state index contributed by atoms with van der Waals surface area (Å²) in [5.41, 5.74) is 0.686. The molecule has 32 heavy (non-hydrogen) atoms. The Labute approximate surface area is 195 Å². The van der Waals surface area contributed by atoms with E-state index in [0.29, 0.717) is 30.0 Å². The SMILES string of the molecule is CCCCCCCCCCCCOc1ccc(C(=O)SOc2ccc(C(=O)O)cc2)cc1. The molecule has 2 rings (SSSR count). The molecule has 5 nitrogen and oxygen atoms in total. The van der Waals surface area contributed by atoms with E-state index >= 15 is 0 Å². The highest BCUT2D eigenvalue weighted by Gasteiger charge is 2.10. The van der Waals surface area contributed by atoms with E-state index in [0.717, 1.165) is 12.2 Å². The van der Waals surface area contributed by atoms with Gasteiger partial charge in [0.2, 0.25) is 0 Å². The van der Waals surface area contributed by atoms with E-state index in [9.17, 15) is 9.59 Å². The molecular weight excluding hydrogens is 424 g/mol. The van der Waals surface area contributed by atoms with E-state index < -0.39 is 5.97 Å². The molecule has 0 fully saturated rings. The lowest BCUT2D eigenvalue weighted by Crippen LogP contribution is -2.00. The fraction of sp³-hybridized carbons (Fsp3) is 0.462. The Balaban J connectivity index is 1.58. The average molecular weight is 459 g/mol. The van der Waals surface area contributed by atoms with Crippen LogP contribution in [0.25, 0.3) is 0 Å². The van der Waals surface area contributed by atoms with Gasteiger partial charge in [0.1, 0.15) is 23.5 Å². The van der Waals surface area contributed by atoms with Crippen molar-refractivity contribution in [2.75, 3.05) is 6.61 Å². The van der Waals surface area contributed by atoms with Crippen LogP contribution in [0.1, 0.15) is 91.8 Å². The molecule has 2 aromatic rings. The van der Waals surface area contributed by atoms with Gasteiger partial charge in [-0.25, -0.2) is 4.79 Å². The van der Waals surface area contributed by atoms with Crippen molar-refractivity contribution in [2.45, 2.75) is 71.1 Å². The lowest BCUT2D eigenvalue weighted by atomic mass is 10.1. The smallest absolute Gasteiger partial charge is 0.335 e. The van der Waals surface area contributed by atoms with Crippen LogP contribution in [0.15, 0.2) is 48.5 Å². The standard InChI is InChI=1S/C26H34O5S/c1-2-3-4-5-6-7-8-9-10-11-20-30-23-16-14-22(15-17-23)26(29)32-31-24-18-12-21(13-19-24)25(27)28/h12-19H,2-11,20H2,1H3,(H,27,28). The quantitative estimate of drug-likeness (QED) is 0.207. The van der Waals surface area contributed by atoms with Gasteiger partial charge >= 0.3 is 5.97 Å². The first kappa shape index (κ1) is 25.8. The summed E-state index contributed by atoms with van der Waals surface area (Å²) in [6.45, 7) is 2.94. The van der Waals surface area contributed by atoms with E-state index in [4.69, 9.17) is 14.0 Å². The molecule has 0 aliphatic heterocycles. The summed E-state index contributed by atoms with van der Waals surface area (Å²) < 4.78 is 11.1. The minimum atomic E-state index is -1.00. The van der Waals surface area contributed by atoms with Crippen molar-refractivity contribution in [3.63, 3.8) is 0 Å². The molecule has 0 aliphatic rings. The number of hydrogen-bond acceptors (Lipinski definition) is 5. The van der Waals surface area contributed by atoms with Crippen LogP contribution in [0.3, 0.4) is 0 Å². The van der Waals surface area contributed by atoms with Gasteiger partial charge in [0.05, 0.1) is 12.2 Å². The molecule has 174 valence electrons. The minimum absolute atomic E-state index is 0.169. The largest absolute Gasteiger partial charge is 0.494 e. The lowest BCUT2D eigenvalue weighted by Gasteiger charge is -2.07. The summed E-state index contributed by atoms with van der Waals surface area (Å²) in [6, 6.07) is 13.0. The van der Waals surface area contributed by atoms with Gasteiger partial charge in [-0.05, 0) is 55.0 Å². The second-order valence-electron chi connectivity index (χ2n) is 7.84. The number of carboxylic acids is 1. The predicted molar refractivity (Wildman–Crippen MR) is 130 cm³/mol. The lowest BCUT2D eigenvalue weighted by molar-refractivity contribution is 0.0696. The van der Waals surface area contributed by atoms with Crippen molar-refractivity contribution < 1.29 is 23.6 Å². The van der Waals surface area contributed by atoms with Crippen LogP contribution in [-0.4, -0.2) is 22.8 Å². The normalized spacial score (nSPS) is 10.7. The van der Waals surface area contributed by atoms with Gasteiger partial charge in [-0.3, -0.25) is 4.79 Å². The topological polar surface area (TPSA) is 72.8 Å². The summed E-state index contributed by atoms with van der Waals surface area (Å²) in [7, 11) is 0. The van der Waals surface area contributed by atoms with E-state index in [1.165, 1.54) is 82.1 Å². The van der Waals surface area contributed by atoms with Crippen molar-refractivity contribution >= 4 is 23.1 Å². The first-order chi connectivity index (χ1) is 15.6. The molecule has 0 amide bonds. The van der Waals surface area contributed by atoms with Gasteiger partial charge in [0, 0.05) is 5.56 Å². The highest BCUT2D eigenvalue weighted by molar-refractivity contribution is 8.10. The third kappa shape index (κ3) is 10.2. The molecule has 2 aromatic carbocycles. The number of benzene rings is 2. The maximum atomic E-state index is 12.3. The van der Waals surface area contributed by atoms with Crippen molar-refractivity contribution in [1.82, 2.24) is 0 Å². The number of carbonyl (C=O) groups is 2. The molecule has 0 heterocycles. The summed E-state index contributed by atoms with van der Waals surface area (Å²) >= 11 is 0.712. The number of unbranched alkanes of at least 4 members (excludes halogenated alkanes) is 9. The predicted octanol–water partition coefficient (Wildman–Crippen LogP) is 7.55. The number of ether oxygens (including phenoxy) is 1. The van der Waals surface area contributed by atoms with Gasteiger partial charge in [0.25, 0.3) is 5.12 Å². The molecular formula is C26H34O5S. The summed E-state index contributed by atoms with van der Waals surface area (Å²) in [5.74, 6) is 0.174. The van der Waals surface area contributed by atoms with Gasteiger partial charge in [-0.1, -0.05) is 64.7 Å². The van der Waals surface area contributed by atoms with E-state index in [-0.39, 0.29) is 10.7 Å². The van der Waals surface area contributed by atoms with Gasteiger partial charge in [-0.15, -0.1) is 0 Å². The molecule has 0 bridgehead atoms. The van der Waals surface area contributed by atoms with Gasteiger partial charge in [-0.2, -0.15) is 0 Å². The molecule has 6 heteroatoms. The minimum Gasteiger partial charge on any atom is -0.494 e. The molecule has 0 saturated carbocycles. The molecule has 1 N–H and O–H groups in total. The van der Waals surface area contributed by atoms with E-state index in [2.05, 4.69) is 6.92 Å². The monoisotopic (exact) mass is 458 g/mol. The maximum Gasteiger partial charge on any atom is 0.335 e. The average Bonchev–Trinajstić information content (AvgIpc) is 2.81. The number of carboxylic acid groups (broad SMARTS) is 1. The Morgan fingerprint density at radius 1 is 0.719 bits per heavy atom. The second-order valence-corrected chi connectivity index (χ2v) is 8.54. The Kier molecular flexibility index (Phi) is 12.4. The molecule has 0 saturated heterocycles. The van der Waals surface area contributed by atoms with Crippen molar-refractivity contribution in [1.29, 1.82) is 0 Å². The Morgan fingerprint density at radius 2 is 1.22 bits per heavy atom. The van der Waals surface area contributed by atoms with Gasteiger partial charge in [0.15, 0.2) is 0 Å². The van der Waals surface area contributed by atoms with E-state index in [1.54, 1.807) is 24.3 Å². The highest BCUT2D eigenvalue weighted by atomic mass is 32.2. The zero-order valence-corrected chi connectivity index (χ0v) is 19.7. The Bertz CT molecular complexity index is 802. The fourth-order valence-electron chi connectivity index (χ4n) is 3.25. The third-order valence-electron chi connectivity index (χ3n) is 5.17. The van der Waals surface area contributed by atoms with Crippen molar-refractivity contribution in [3.05, 3.63) is 59.7 Å². The highest BCUT2D eigenvalue weighted by Crippen LogP contribution is 2.22. The Hall–Kier alpha value is -2.47. The van der Waals surface area contributed by atoms with Crippen LogP contribution in [0, 0.1) is 0 Å². The number of carbonyl (C=O) groups excluding carboxylic acids is 1. The number of rotatable bonds is 16. The van der Waals surface area contributed by atoms with Crippen LogP contribution < -0.4 is 8.92 Å². The molecule has 0 atom stereocenters. The van der Waals surface area contributed by atoms with Crippen LogP contribution in [-0.2, 0) is 0 Å². The second kappa shape index (κ2) is 15.4. The van der Waals surface area contributed by atoms with Crippen LogP contribution in [0.4, 0.5) is 0 Å². The zero-order chi connectivity index (χ0) is 23.0. The third-order valence-corrected chi connectivity index (χ3v) is 5.83. The molecule has 0 spiro atoms. The molecule has 0 unspecified atom stereocenters. The first-order valence-corrected chi connectivity index (χ1v) is 12.3. The summed E-state index contributed by atoms with van der Waals surface area (Å²) in [5, 5.41) is 8.67. The van der Waals surface area contributed by atoms with E-state index in [1.807, 2.05) is 0 Å². The number of hydrogen-bond donors (Lipinski definition) is 1. The maximum absolute atomic E-state index is 12.3. The molecule has 0 radical (unpaired) electrons. The van der Waals surface area contributed by atoms with Crippen molar-refractivity contribution in [3.8, 4) is 11.5 Å². The Morgan fingerprint density at radius 3 is 1.78 bits per heavy atom. The van der Waals surface area contributed by atoms with Crippen LogP contribution in [0.2, 0.25) is 0 Å².